The summed E-state index contributed by atoms with van der Waals surface area (Å²) in [5.41, 5.74) is -1.13. The van der Waals surface area contributed by atoms with Gasteiger partial charge in [-0.25, -0.2) is 17.6 Å². The highest BCUT2D eigenvalue weighted by Crippen LogP contribution is 2.36. The minimum Gasteiger partial charge on any atom is -0.497 e. The molecule has 2 aromatic rings. The summed E-state index contributed by atoms with van der Waals surface area (Å²) < 4.78 is 52.2. The molecule has 6 nitrogen and oxygen atoms in total. The van der Waals surface area contributed by atoms with Crippen molar-refractivity contribution < 1.29 is 27.1 Å². The summed E-state index contributed by atoms with van der Waals surface area (Å²) in [7, 11) is -1.31. The normalized spacial score (nSPS) is 17.0. The van der Waals surface area contributed by atoms with Crippen LogP contribution in [0.4, 0.5) is 4.39 Å². The smallest absolute Gasteiger partial charge is 0.343 e. The molecule has 0 unspecified atom stereocenters. The van der Waals surface area contributed by atoms with Crippen molar-refractivity contribution in [2.45, 2.75) is 23.4 Å². The van der Waals surface area contributed by atoms with Crippen molar-refractivity contribution in [3.8, 4) is 16.9 Å². The van der Waals surface area contributed by atoms with Gasteiger partial charge >= 0.3 is 5.97 Å². The zero-order chi connectivity index (χ0) is 21.2. The zero-order valence-electron chi connectivity index (χ0n) is 16.0. The molecular formula is C20H21ClFNO5S. The first-order valence-electron chi connectivity index (χ1n) is 8.93. The quantitative estimate of drug-likeness (QED) is 0.662. The maximum absolute atomic E-state index is 14.7. The predicted molar refractivity (Wildman–Crippen MR) is 107 cm³/mol. The van der Waals surface area contributed by atoms with Gasteiger partial charge in [0.15, 0.2) is 0 Å². The van der Waals surface area contributed by atoms with Crippen LogP contribution in [-0.2, 0) is 19.6 Å². The van der Waals surface area contributed by atoms with Gasteiger partial charge in [-0.3, -0.25) is 0 Å². The molecule has 3 rings (SSSR count). The van der Waals surface area contributed by atoms with E-state index >= 15 is 0 Å². The molecule has 156 valence electrons. The number of nitrogens with zero attached hydrogens (tertiary/aromatic N) is 1. The third-order valence-corrected chi connectivity index (χ3v) is 7.20. The number of sulfonamides is 1. The Hall–Kier alpha value is -2.16. The fourth-order valence-corrected chi connectivity index (χ4v) is 5.16. The summed E-state index contributed by atoms with van der Waals surface area (Å²) in [6, 6.07) is 11.5. The molecule has 9 heteroatoms. The lowest BCUT2D eigenvalue weighted by Gasteiger charge is -2.34. The van der Waals surface area contributed by atoms with Gasteiger partial charge in [0.05, 0.1) is 19.1 Å². The van der Waals surface area contributed by atoms with E-state index in [9.17, 15) is 17.6 Å². The highest BCUT2D eigenvalue weighted by Gasteiger charge is 2.45. The molecule has 0 amide bonds. The van der Waals surface area contributed by atoms with Gasteiger partial charge in [-0.2, -0.15) is 4.31 Å². The fraction of sp³-hybridized carbons (Fsp3) is 0.350. The van der Waals surface area contributed by atoms with Crippen LogP contribution in [0.5, 0.6) is 5.75 Å². The van der Waals surface area contributed by atoms with Crippen molar-refractivity contribution >= 4 is 27.6 Å². The van der Waals surface area contributed by atoms with E-state index in [1.54, 1.807) is 30.3 Å². The fourth-order valence-electron chi connectivity index (χ4n) is 3.35. The first-order chi connectivity index (χ1) is 13.7. The minimum absolute atomic E-state index is 0.0552. The Bertz CT molecular complexity index is 1020. The number of carbonyl (C=O) groups excluding carboxylic acids is 1. The highest BCUT2D eigenvalue weighted by molar-refractivity contribution is 7.89. The number of alkyl halides is 1. The molecule has 1 aliphatic rings. The standard InChI is InChI=1S/C20H21ClFNO5S/c1-27-16-5-3-4-14(12-16)17-13-15(21)6-7-18(17)29(25,26)23-10-8-20(22,9-11-23)19(24)28-2/h3-7,12-13H,8-11H2,1-2H3. The second kappa shape index (κ2) is 8.30. The molecule has 0 N–H and O–H groups in total. The SMILES string of the molecule is COC(=O)C1(F)CCN(S(=O)(=O)c2ccc(Cl)cc2-c2cccc(OC)c2)CC1. The summed E-state index contributed by atoms with van der Waals surface area (Å²) in [5, 5.41) is 0.383. The maximum atomic E-state index is 14.7. The third-order valence-electron chi connectivity index (χ3n) is 5.01. The number of halogens is 2. The van der Waals surface area contributed by atoms with Crippen LogP contribution in [0.3, 0.4) is 0 Å². The van der Waals surface area contributed by atoms with E-state index in [1.807, 2.05) is 0 Å². The van der Waals surface area contributed by atoms with Crippen LogP contribution in [0.25, 0.3) is 11.1 Å². The number of methoxy groups -OCH3 is 2. The lowest BCUT2D eigenvalue weighted by Crippen LogP contribution is -2.48. The molecule has 2 aromatic carbocycles. The summed E-state index contributed by atoms with van der Waals surface area (Å²) >= 11 is 6.12. The van der Waals surface area contributed by atoms with Crippen LogP contribution in [0.1, 0.15) is 12.8 Å². The predicted octanol–water partition coefficient (Wildman–Crippen LogP) is 3.68. The van der Waals surface area contributed by atoms with E-state index in [4.69, 9.17) is 16.3 Å². The monoisotopic (exact) mass is 441 g/mol. The van der Waals surface area contributed by atoms with E-state index in [2.05, 4.69) is 4.74 Å². The van der Waals surface area contributed by atoms with Crippen LogP contribution in [0.2, 0.25) is 5.02 Å². The number of benzene rings is 2. The second-order valence-electron chi connectivity index (χ2n) is 6.73. The number of esters is 1. The van der Waals surface area contributed by atoms with Crippen molar-refractivity contribution in [3.63, 3.8) is 0 Å². The van der Waals surface area contributed by atoms with Gasteiger partial charge in [-0.05, 0) is 35.9 Å². The third kappa shape index (κ3) is 4.24. The van der Waals surface area contributed by atoms with E-state index < -0.39 is 21.7 Å². The van der Waals surface area contributed by atoms with Crippen LogP contribution in [-0.4, -0.2) is 51.7 Å². The van der Waals surface area contributed by atoms with E-state index in [-0.39, 0.29) is 30.8 Å². The molecule has 1 fully saturated rings. The number of hydrogen-bond acceptors (Lipinski definition) is 5. The van der Waals surface area contributed by atoms with Crippen molar-refractivity contribution in [3.05, 3.63) is 47.5 Å². The lowest BCUT2D eigenvalue weighted by atomic mass is 9.95. The second-order valence-corrected chi connectivity index (χ2v) is 9.08. The van der Waals surface area contributed by atoms with Crippen LogP contribution < -0.4 is 4.74 Å². The highest BCUT2D eigenvalue weighted by atomic mass is 35.5. The Morgan fingerprint density at radius 2 is 1.83 bits per heavy atom. The van der Waals surface area contributed by atoms with Crippen LogP contribution in [0.15, 0.2) is 47.4 Å². The lowest BCUT2D eigenvalue weighted by molar-refractivity contribution is -0.157. The summed E-state index contributed by atoms with van der Waals surface area (Å²) in [4.78, 5) is 11.7. The Kier molecular flexibility index (Phi) is 6.16. The molecule has 1 aliphatic heterocycles. The number of ether oxygens (including phenoxy) is 2. The molecule has 1 saturated heterocycles. The molecule has 0 spiro atoms. The van der Waals surface area contributed by atoms with Gasteiger partial charge in [0.25, 0.3) is 0 Å². The largest absolute Gasteiger partial charge is 0.497 e. The Labute approximate surface area is 174 Å². The van der Waals surface area contributed by atoms with Crippen molar-refractivity contribution in [1.29, 1.82) is 0 Å². The van der Waals surface area contributed by atoms with Crippen molar-refractivity contribution in [2.75, 3.05) is 27.3 Å². The number of rotatable bonds is 5. The zero-order valence-corrected chi connectivity index (χ0v) is 17.6. The summed E-state index contributed by atoms with van der Waals surface area (Å²) in [5.74, 6) is -0.401. The Morgan fingerprint density at radius 1 is 1.14 bits per heavy atom. The first kappa shape index (κ1) is 21.5. The van der Waals surface area contributed by atoms with Crippen molar-refractivity contribution in [1.82, 2.24) is 4.31 Å². The Balaban J connectivity index is 1.97. The van der Waals surface area contributed by atoms with Crippen LogP contribution in [0, 0.1) is 0 Å². The van der Waals surface area contributed by atoms with Gasteiger partial charge in [0.2, 0.25) is 15.7 Å². The molecule has 0 aliphatic carbocycles. The molecule has 0 atom stereocenters. The van der Waals surface area contributed by atoms with E-state index in [0.29, 0.717) is 21.9 Å². The van der Waals surface area contributed by atoms with Gasteiger partial charge in [-0.15, -0.1) is 0 Å². The molecule has 0 radical (unpaired) electrons. The molecule has 1 heterocycles. The Morgan fingerprint density at radius 3 is 2.45 bits per heavy atom. The molecule has 0 aromatic heterocycles. The summed E-state index contributed by atoms with van der Waals surface area (Å²) in [6.45, 7) is -0.262. The van der Waals surface area contributed by atoms with Crippen LogP contribution >= 0.6 is 11.6 Å². The average Bonchev–Trinajstić information content (AvgIpc) is 2.73. The molecule has 0 bridgehead atoms. The number of piperidine rings is 1. The van der Waals surface area contributed by atoms with E-state index in [0.717, 1.165) is 7.11 Å². The summed E-state index contributed by atoms with van der Waals surface area (Å²) in [6.07, 6.45) is -0.526. The van der Waals surface area contributed by atoms with Gasteiger partial charge < -0.3 is 9.47 Å². The molecule has 0 saturated carbocycles. The topological polar surface area (TPSA) is 72.9 Å². The van der Waals surface area contributed by atoms with Gasteiger partial charge in [0, 0.05) is 36.5 Å². The average molecular weight is 442 g/mol. The molecule has 29 heavy (non-hydrogen) atoms. The van der Waals surface area contributed by atoms with E-state index in [1.165, 1.54) is 23.5 Å². The number of carbonyl (C=O) groups is 1. The minimum atomic E-state index is -3.94. The van der Waals surface area contributed by atoms with Gasteiger partial charge in [0.1, 0.15) is 5.75 Å². The maximum Gasteiger partial charge on any atom is 0.343 e. The van der Waals surface area contributed by atoms with Crippen molar-refractivity contribution in [2.24, 2.45) is 0 Å². The molecular weight excluding hydrogens is 421 g/mol. The van der Waals surface area contributed by atoms with Gasteiger partial charge in [-0.1, -0.05) is 23.7 Å². The first-order valence-corrected chi connectivity index (χ1v) is 10.7. The number of hydrogen-bond donors (Lipinski definition) is 0.